The standard InChI is InChI=1S/C21H22ClFN2O3/c1-2-17-13-25(18-11-15(22)5-8-19(18)28-17)21(27)10-9-20(26)24-12-14-3-6-16(23)7-4-14/h3-8,11,17H,2,9-10,12-13H2,1H3,(H,24,26)/t17-/m0/s1. The smallest absolute Gasteiger partial charge is 0.227 e. The minimum Gasteiger partial charge on any atom is -0.486 e. The molecule has 0 saturated carbocycles. The van der Waals surface area contributed by atoms with Gasteiger partial charge in [-0.05, 0) is 42.3 Å². The van der Waals surface area contributed by atoms with E-state index in [0.29, 0.717) is 29.5 Å². The fourth-order valence-corrected chi connectivity index (χ4v) is 3.18. The van der Waals surface area contributed by atoms with Crippen molar-refractivity contribution in [3.05, 3.63) is 58.9 Å². The Morgan fingerprint density at radius 3 is 2.68 bits per heavy atom. The van der Waals surface area contributed by atoms with Crippen LogP contribution in [-0.2, 0) is 16.1 Å². The molecular formula is C21H22ClFN2O3. The SMILES string of the molecule is CC[C@H]1CN(C(=O)CCC(=O)NCc2ccc(F)cc2)c2cc(Cl)ccc2O1. The number of carbonyl (C=O) groups excluding carboxylic acids is 2. The summed E-state index contributed by atoms with van der Waals surface area (Å²) in [6, 6.07) is 11.1. The lowest BCUT2D eigenvalue weighted by atomic mass is 10.1. The van der Waals surface area contributed by atoms with Gasteiger partial charge < -0.3 is 15.0 Å². The summed E-state index contributed by atoms with van der Waals surface area (Å²) in [5.74, 6) is -0.0833. The molecule has 5 nitrogen and oxygen atoms in total. The molecule has 0 aromatic heterocycles. The first kappa shape index (κ1) is 20.1. The molecule has 0 unspecified atom stereocenters. The molecule has 2 aromatic carbocycles. The van der Waals surface area contributed by atoms with Crippen LogP contribution in [0, 0.1) is 5.82 Å². The van der Waals surface area contributed by atoms with Gasteiger partial charge in [-0.1, -0.05) is 30.7 Å². The second kappa shape index (κ2) is 9.06. The number of amides is 2. The van der Waals surface area contributed by atoms with Gasteiger partial charge in [-0.3, -0.25) is 9.59 Å². The highest BCUT2D eigenvalue weighted by atomic mass is 35.5. The number of anilines is 1. The van der Waals surface area contributed by atoms with Crippen LogP contribution in [-0.4, -0.2) is 24.5 Å². The Morgan fingerprint density at radius 2 is 1.96 bits per heavy atom. The van der Waals surface area contributed by atoms with Gasteiger partial charge in [0.25, 0.3) is 0 Å². The van der Waals surface area contributed by atoms with Gasteiger partial charge in [0, 0.05) is 24.4 Å². The highest BCUT2D eigenvalue weighted by Gasteiger charge is 2.29. The molecule has 1 aliphatic heterocycles. The number of carbonyl (C=O) groups is 2. The molecule has 1 N–H and O–H groups in total. The van der Waals surface area contributed by atoms with Crippen molar-refractivity contribution >= 4 is 29.1 Å². The van der Waals surface area contributed by atoms with E-state index < -0.39 is 0 Å². The molecule has 2 aromatic rings. The van der Waals surface area contributed by atoms with E-state index in [9.17, 15) is 14.0 Å². The van der Waals surface area contributed by atoms with Crippen molar-refractivity contribution in [3.8, 4) is 5.75 Å². The summed E-state index contributed by atoms with van der Waals surface area (Å²) in [7, 11) is 0. The predicted molar refractivity (Wildman–Crippen MR) is 106 cm³/mol. The number of nitrogens with one attached hydrogen (secondary N) is 1. The molecule has 148 valence electrons. The Hall–Kier alpha value is -2.60. The van der Waals surface area contributed by atoms with E-state index in [1.807, 2.05) is 6.92 Å². The molecule has 3 rings (SSSR count). The van der Waals surface area contributed by atoms with E-state index in [-0.39, 0.29) is 36.6 Å². The first-order valence-electron chi connectivity index (χ1n) is 9.24. The molecule has 1 aliphatic rings. The van der Waals surface area contributed by atoms with Crippen LogP contribution in [0.25, 0.3) is 0 Å². The van der Waals surface area contributed by atoms with Crippen LogP contribution < -0.4 is 15.0 Å². The zero-order valence-electron chi connectivity index (χ0n) is 15.6. The van der Waals surface area contributed by atoms with Crippen molar-refractivity contribution in [2.75, 3.05) is 11.4 Å². The molecule has 7 heteroatoms. The number of nitrogens with zero attached hydrogens (tertiary/aromatic N) is 1. The lowest BCUT2D eigenvalue weighted by Crippen LogP contribution is -2.43. The lowest BCUT2D eigenvalue weighted by molar-refractivity contribution is -0.125. The van der Waals surface area contributed by atoms with Gasteiger partial charge in [0.15, 0.2) is 0 Å². The lowest BCUT2D eigenvalue weighted by Gasteiger charge is -2.34. The third kappa shape index (κ3) is 5.01. The maximum absolute atomic E-state index is 12.9. The number of halogens is 2. The van der Waals surface area contributed by atoms with Crippen molar-refractivity contribution in [2.24, 2.45) is 0 Å². The monoisotopic (exact) mass is 404 g/mol. The molecular weight excluding hydrogens is 383 g/mol. The predicted octanol–water partition coefficient (Wildman–Crippen LogP) is 4.08. The van der Waals surface area contributed by atoms with Crippen molar-refractivity contribution in [2.45, 2.75) is 38.8 Å². The number of hydrogen-bond donors (Lipinski definition) is 1. The van der Waals surface area contributed by atoms with Crippen LogP contribution in [0.15, 0.2) is 42.5 Å². The summed E-state index contributed by atoms with van der Waals surface area (Å²) < 4.78 is 18.8. The third-order valence-corrected chi connectivity index (χ3v) is 4.85. The van der Waals surface area contributed by atoms with Crippen LogP contribution >= 0.6 is 11.6 Å². The van der Waals surface area contributed by atoms with Crippen LogP contribution in [0.5, 0.6) is 5.75 Å². The van der Waals surface area contributed by atoms with Gasteiger partial charge >= 0.3 is 0 Å². The van der Waals surface area contributed by atoms with Gasteiger partial charge in [-0.2, -0.15) is 0 Å². The molecule has 1 heterocycles. The van der Waals surface area contributed by atoms with E-state index in [4.69, 9.17) is 16.3 Å². The fourth-order valence-electron chi connectivity index (χ4n) is 3.02. The van der Waals surface area contributed by atoms with Crippen LogP contribution in [0.3, 0.4) is 0 Å². The number of rotatable bonds is 6. The summed E-state index contributed by atoms with van der Waals surface area (Å²) in [6.45, 7) is 2.72. The molecule has 0 saturated heterocycles. The number of benzene rings is 2. The summed E-state index contributed by atoms with van der Waals surface area (Å²) in [5, 5.41) is 3.27. The Balaban J connectivity index is 1.57. The van der Waals surface area contributed by atoms with Crippen LogP contribution in [0.4, 0.5) is 10.1 Å². The van der Waals surface area contributed by atoms with Crippen molar-refractivity contribution in [3.63, 3.8) is 0 Å². The Labute approximate surface area is 168 Å². The normalized spacial score (nSPS) is 15.5. The summed E-state index contributed by atoms with van der Waals surface area (Å²) in [6.07, 6.45) is 0.830. The molecule has 28 heavy (non-hydrogen) atoms. The van der Waals surface area contributed by atoms with Crippen LogP contribution in [0.1, 0.15) is 31.7 Å². The van der Waals surface area contributed by atoms with Gasteiger partial charge in [0.2, 0.25) is 11.8 Å². The van der Waals surface area contributed by atoms with Gasteiger partial charge in [0.05, 0.1) is 12.2 Å². The third-order valence-electron chi connectivity index (χ3n) is 4.62. The van der Waals surface area contributed by atoms with Crippen molar-refractivity contribution < 1.29 is 18.7 Å². The minimum absolute atomic E-state index is 0.0735. The molecule has 1 atom stereocenters. The second-order valence-electron chi connectivity index (χ2n) is 6.67. The summed E-state index contributed by atoms with van der Waals surface area (Å²) in [4.78, 5) is 26.5. The average Bonchev–Trinajstić information content (AvgIpc) is 2.70. The van der Waals surface area contributed by atoms with E-state index in [1.165, 1.54) is 12.1 Å². The van der Waals surface area contributed by atoms with Crippen molar-refractivity contribution in [1.29, 1.82) is 0 Å². The van der Waals surface area contributed by atoms with E-state index in [1.54, 1.807) is 35.2 Å². The van der Waals surface area contributed by atoms with Gasteiger partial charge in [-0.15, -0.1) is 0 Å². The number of ether oxygens (including phenoxy) is 1. The molecule has 0 spiro atoms. The molecule has 0 aliphatic carbocycles. The highest BCUT2D eigenvalue weighted by Crippen LogP contribution is 2.36. The van der Waals surface area contributed by atoms with E-state index in [0.717, 1.165) is 12.0 Å². The first-order valence-corrected chi connectivity index (χ1v) is 9.61. The zero-order chi connectivity index (χ0) is 20.1. The number of fused-ring (bicyclic) bond motifs is 1. The van der Waals surface area contributed by atoms with Crippen molar-refractivity contribution in [1.82, 2.24) is 5.32 Å². The van der Waals surface area contributed by atoms with Gasteiger partial charge in [0.1, 0.15) is 17.7 Å². The van der Waals surface area contributed by atoms with E-state index >= 15 is 0 Å². The van der Waals surface area contributed by atoms with E-state index in [2.05, 4.69) is 5.32 Å². The average molecular weight is 405 g/mol. The number of hydrogen-bond acceptors (Lipinski definition) is 3. The highest BCUT2D eigenvalue weighted by molar-refractivity contribution is 6.31. The van der Waals surface area contributed by atoms with Gasteiger partial charge in [-0.25, -0.2) is 4.39 Å². The Kier molecular flexibility index (Phi) is 6.52. The maximum atomic E-state index is 12.9. The molecule has 0 radical (unpaired) electrons. The Bertz CT molecular complexity index is 857. The largest absolute Gasteiger partial charge is 0.486 e. The minimum atomic E-state index is -0.322. The molecule has 0 bridgehead atoms. The van der Waals surface area contributed by atoms with Crippen LogP contribution in [0.2, 0.25) is 5.02 Å². The Morgan fingerprint density at radius 1 is 1.21 bits per heavy atom. The fraction of sp³-hybridized carbons (Fsp3) is 0.333. The second-order valence-corrected chi connectivity index (χ2v) is 7.10. The first-order chi connectivity index (χ1) is 13.5. The zero-order valence-corrected chi connectivity index (χ0v) is 16.3. The summed E-state index contributed by atoms with van der Waals surface area (Å²) in [5.41, 5.74) is 1.43. The molecule has 2 amide bonds. The summed E-state index contributed by atoms with van der Waals surface area (Å²) >= 11 is 6.07. The maximum Gasteiger partial charge on any atom is 0.227 e. The quantitative estimate of drug-likeness (QED) is 0.789. The molecule has 0 fully saturated rings. The topological polar surface area (TPSA) is 58.6 Å².